The fraction of sp³-hybridized carbons (Fsp3) is 0. The molecule has 0 bridgehead atoms. The smallest absolute Gasteiger partial charge is 0.163 e. The Morgan fingerprint density at radius 3 is 1.28 bits per heavy atom. The van der Waals surface area contributed by atoms with Gasteiger partial charge in [-0.05, 0) is 34.4 Å². The summed E-state index contributed by atoms with van der Waals surface area (Å²) in [5.74, 6) is 1.32. The SMILES string of the molecule is c1ccc(-c2ccc(-c3ncnc(-c4ccc(-c5ccc(-c6ccccn6)cc5)cc4)n3)cc2)cc1. The van der Waals surface area contributed by atoms with Gasteiger partial charge in [0, 0.05) is 22.9 Å². The summed E-state index contributed by atoms with van der Waals surface area (Å²) in [5, 5.41) is 0. The van der Waals surface area contributed by atoms with Crippen molar-refractivity contribution in [1.82, 2.24) is 19.9 Å². The minimum atomic E-state index is 0.657. The highest BCUT2D eigenvalue weighted by Crippen LogP contribution is 2.27. The summed E-state index contributed by atoms with van der Waals surface area (Å²) in [6, 6.07) is 41.3. The van der Waals surface area contributed by atoms with Gasteiger partial charge in [-0.3, -0.25) is 4.98 Å². The number of hydrogen-bond acceptors (Lipinski definition) is 4. The third-order valence-corrected chi connectivity index (χ3v) is 6.14. The van der Waals surface area contributed by atoms with E-state index >= 15 is 0 Å². The van der Waals surface area contributed by atoms with Gasteiger partial charge in [0.05, 0.1) is 5.69 Å². The Morgan fingerprint density at radius 2 is 0.778 bits per heavy atom. The van der Waals surface area contributed by atoms with Gasteiger partial charge in [-0.1, -0.05) is 109 Å². The largest absolute Gasteiger partial charge is 0.256 e. The van der Waals surface area contributed by atoms with E-state index in [1.54, 1.807) is 6.33 Å². The van der Waals surface area contributed by atoms with E-state index in [4.69, 9.17) is 4.98 Å². The van der Waals surface area contributed by atoms with Crippen LogP contribution < -0.4 is 0 Å². The minimum absolute atomic E-state index is 0.657. The van der Waals surface area contributed by atoms with Gasteiger partial charge in [-0.25, -0.2) is 15.0 Å². The molecule has 170 valence electrons. The highest BCUT2D eigenvalue weighted by atomic mass is 15.0. The Hall–Kier alpha value is -4.96. The quantitative estimate of drug-likeness (QED) is 0.265. The van der Waals surface area contributed by atoms with Crippen LogP contribution in [0.1, 0.15) is 0 Å². The first-order valence-corrected chi connectivity index (χ1v) is 11.8. The van der Waals surface area contributed by atoms with Crippen molar-refractivity contribution in [2.75, 3.05) is 0 Å². The molecule has 0 aliphatic carbocycles. The highest BCUT2D eigenvalue weighted by Gasteiger charge is 2.08. The minimum Gasteiger partial charge on any atom is -0.256 e. The van der Waals surface area contributed by atoms with Crippen LogP contribution in [-0.2, 0) is 0 Å². The molecule has 2 aromatic heterocycles. The summed E-state index contributed by atoms with van der Waals surface area (Å²) < 4.78 is 0. The third-order valence-electron chi connectivity index (χ3n) is 6.14. The van der Waals surface area contributed by atoms with Gasteiger partial charge in [0.1, 0.15) is 6.33 Å². The Balaban J connectivity index is 1.22. The predicted octanol–water partition coefficient (Wildman–Crippen LogP) is 7.60. The summed E-state index contributed by atoms with van der Waals surface area (Å²) in [6.45, 7) is 0. The lowest BCUT2D eigenvalue weighted by Crippen LogP contribution is -1.95. The van der Waals surface area contributed by atoms with E-state index in [0.29, 0.717) is 11.6 Å². The Bertz CT molecular complexity index is 1580. The molecule has 0 radical (unpaired) electrons. The summed E-state index contributed by atoms with van der Waals surface area (Å²) in [6.07, 6.45) is 3.39. The van der Waals surface area contributed by atoms with Gasteiger partial charge in [0.25, 0.3) is 0 Å². The molecule has 0 spiro atoms. The molecule has 0 atom stereocenters. The maximum absolute atomic E-state index is 4.73. The first-order valence-electron chi connectivity index (χ1n) is 11.8. The molecule has 0 unspecified atom stereocenters. The summed E-state index contributed by atoms with van der Waals surface area (Å²) in [4.78, 5) is 18.0. The molecule has 4 nitrogen and oxygen atoms in total. The van der Waals surface area contributed by atoms with Crippen molar-refractivity contribution in [3.8, 4) is 56.3 Å². The van der Waals surface area contributed by atoms with Crippen LogP contribution in [0.5, 0.6) is 0 Å². The molecule has 4 heteroatoms. The lowest BCUT2D eigenvalue weighted by molar-refractivity contribution is 1.07. The maximum atomic E-state index is 4.73. The number of hydrogen-bond donors (Lipinski definition) is 0. The molecule has 0 fully saturated rings. The summed E-state index contributed by atoms with van der Waals surface area (Å²) in [7, 11) is 0. The second-order valence-electron chi connectivity index (χ2n) is 8.45. The molecule has 0 aliphatic heterocycles. The van der Waals surface area contributed by atoms with Gasteiger partial charge in [-0.2, -0.15) is 0 Å². The Kier molecular flexibility index (Phi) is 5.83. The average molecular weight is 463 g/mol. The van der Waals surface area contributed by atoms with E-state index in [-0.39, 0.29) is 0 Å². The molecular weight excluding hydrogens is 440 g/mol. The first kappa shape index (κ1) is 21.6. The van der Waals surface area contributed by atoms with Crippen LogP contribution in [0.4, 0.5) is 0 Å². The molecule has 4 aromatic carbocycles. The second kappa shape index (κ2) is 9.72. The molecule has 0 saturated heterocycles. The molecule has 0 aliphatic rings. The number of pyridine rings is 1. The van der Waals surface area contributed by atoms with Gasteiger partial charge in [-0.15, -0.1) is 0 Å². The molecule has 6 aromatic rings. The zero-order valence-electron chi connectivity index (χ0n) is 19.5. The first-order chi connectivity index (χ1) is 17.8. The standard InChI is InChI=1S/C32H22N4/c1-2-6-23(7-3-1)24-11-17-28(18-12-24)31-34-22-35-32(36-31)29-19-13-26(14-20-29)25-9-15-27(16-10-25)30-8-4-5-21-33-30/h1-22H. The van der Waals surface area contributed by atoms with E-state index < -0.39 is 0 Å². The fourth-order valence-electron chi connectivity index (χ4n) is 4.20. The predicted molar refractivity (Wildman–Crippen MR) is 145 cm³/mol. The van der Waals surface area contributed by atoms with Crippen LogP contribution in [0.2, 0.25) is 0 Å². The van der Waals surface area contributed by atoms with Crippen LogP contribution in [-0.4, -0.2) is 19.9 Å². The van der Waals surface area contributed by atoms with Crippen molar-refractivity contribution in [2.24, 2.45) is 0 Å². The van der Waals surface area contributed by atoms with Crippen LogP contribution in [0.15, 0.2) is 134 Å². The highest BCUT2D eigenvalue weighted by molar-refractivity contribution is 5.72. The summed E-state index contributed by atoms with van der Waals surface area (Å²) >= 11 is 0. The molecule has 6 rings (SSSR count). The Labute approximate surface area is 210 Å². The fourth-order valence-corrected chi connectivity index (χ4v) is 4.20. The average Bonchev–Trinajstić information content (AvgIpc) is 2.98. The summed E-state index contributed by atoms with van der Waals surface area (Å²) in [5.41, 5.74) is 8.62. The van der Waals surface area contributed by atoms with Crippen LogP contribution in [0.25, 0.3) is 56.3 Å². The third kappa shape index (κ3) is 4.52. The van der Waals surface area contributed by atoms with Gasteiger partial charge >= 0.3 is 0 Å². The van der Waals surface area contributed by atoms with Crippen LogP contribution >= 0.6 is 0 Å². The van der Waals surface area contributed by atoms with Crippen molar-refractivity contribution < 1.29 is 0 Å². The molecule has 0 saturated carbocycles. The van der Waals surface area contributed by atoms with E-state index in [1.807, 2.05) is 42.6 Å². The van der Waals surface area contributed by atoms with E-state index in [9.17, 15) is 0 Å². The maximum Gasteiger partial charge on any atom is 0.163 e. The van der Waals surface area contributed by atoms with Crippen molar-refractivity contribution in [3.63, 3.8) is 0 Å². The molecule has 0 N–H and O–H groups in total. The monoisotopic (exact) mass is 462 g/mol. The van der Waals surface area contributed by atoms with Gasteiger partial charge in [0.15, 0.2) is 11.6 Å². The molecule has 0 amide bonds. The number of benzene rings is 4. The van der Waals surface area contributed by atoms with E-state index in [2.05, 4.69) is 99.9 Å². The van der Waals surface area contributed by atoms with E-state index in [1.165, 1.54) is 5.56 Å². The number of nitrogens with zero attached hydrogens (tertiary/aromatic N) is 4. The zero-order chi connectivity index (χ0) is 24.2. The second-order valence-corrected chi connectivity index (χ2v) is 8.45. The number of rotatable bonds is 5. The molecule has 2 heterocycles. The molecular formula is C32H22N4. The Morgan fingerprint density at radius 1 is 0.333 bits per heavy atom. The topological polar surface area (TPSA) is 51.6 Å². The van der Waals surface area contributed by atoms with Crippen molar-refractivity contribution in [3.05, 3.63) is 134 Å². The van der Waals surface area contributed by atoms with Crippen molar-refractivity contribution in [1.29, 1.82) is 0 Å². The van der Waals surface area contributed by atoms with Crippen LogP contribution in [0.3, 0.4) is 0 Å². The van der Waals surface area contributed by atoms with E-state index in [0.717, 1.165) is 39.1 Å². The zero-order valence-corrected chi connectivity index (χ0v) is 19.5. The van der Waals surface area contributed by atoms with Crippen molar-refractivity contribution >= 4 is 0 Å². The normalized spacial score (nSPS) is 10.8. The molecule has 36 heavy (non-hydrogen) atoms. The van der Waals surface area contributed by atoms with Crippen LogP contribution in [0, 0.1) is 0 Å². The van der Waals surface area contributed by atoms with Gasteiger partial charge < -0.3 is 0 Å². The lowest BCUT2D eigenvalue weighted by atomic mass is 10.0. The number of aromatic nitrogens is 4. The van der Waals surface area contributed by atoms with Gasteiger partial charge in [0.2, 0.25) is 0 Å². The lowest BCUT2D eigenvalue weighted by Gasteiger charge is -2.07. The van der Waals surface area contributed by atoms with Crippen molar-refractivity contribution in [2.45, 2.75) is 0 Å².